The largest absolute Gasteiger partial charge is 0.357 e. The number of hydrogen-bond acceptors (Lipinski definition) is 5. The van der Waals surface area contributed by atoms with E-state index in [1.54, 1.807) is 11.0 Å². The van der Waals surface area contributed by atoms with Gasteiger partial charge in [0.2, 0.25) is 0 Å². The van der Waals surface area contributed by atoms with Gasteiger partial charge in [0, 0.05) is 52.9 Å². The van der Waals surface area contributed by atoms with Gasteiger partial charge in [-0.1, -0.05) is 30.3 Å². The molecule has 2 aromatic rings. The molecule has 1 aromatic heterocycles. The number of piperazine rings is 1. The first kappa shape index (κ1) is 21.3. The molecule has 0 saturated carbocycles. The molecule has 0 amide bonds. The first-order valence-corrected chi connectivity index (χ1v) is 10.6. The van der Waals surface area contributed by atoms with E-state index in [9.17, 15) is 0 Å². The van der Waals surface area contributed by atoms with E-state index in [1.165, 1.54) is 5.56 Å². The first-order valence-electron chi connectivity index (χ1n) is 10.6. The molecule has 0 unspecified atom stereocenters. The van der Waals surface area contributed by atoms with Gasteiger partial charge in [-0.15, -0.1) is 0 Å². The lowest BCUT2D eigenvalue weighted by molar-refractivity contribution is 0.126. The Kier molecular flexibility index (Phi) is 8.45. The molecule has 0 bridgehead atoms. The van der Waals surface area contributed by atoms with E-state index >= 15 is 0 Å². The first-order chi connectivity index (χ1) is 14.2. The van der Waals surface area contributed by atoms with E-state index in [4.69, 9.17) is 0 Å². The van der Waals surface area contributed by atoms with E-state index in [1.807, 2.05) is 7.05 Å². The van der Waals surface area contributed by atoms with Crippen LogP contribution in [0.15, 0.2) is 41.7 Å². The Balaban J connectivity index is 1.32. The van der Waals surface area contributed by atoms with E-state index in [0.717, 1.165) is 70.6 Å². The van der Waals surface area contributed by atoms with Crippen molar-refractivity contribution >= 4 is 5.96 Å². The predicted octanol–water partition coefficient (Wildman–Crippen LogP) is 1.08. The average molecular weight is 399 g/mol. The molecular formula is C21H34N8. The fourth-order valence-corrected chi connectivity index (χ4v) is 3.48. The molecule has 1 saturated heterocycles. The third-order valence-electron chi connectivity index (χ3n) is 5.19. The molecule has 158 valence electrons. The predicted molar refractivity (Wildman–Crippen MR) is 117 cm³/mol. The van der Waals surface area contributed by atoms with Crippen molar-refractivity contribution in [1.29, 1.82) is 0 Å². The number of nitrogens with one attached hydrogen (secondary N) is 2. The molecule has 0 aliphatic carbocycles. The summed E-state index contributed by atoms with van der Waals surface area (Å²) in [5.41, 5.74) is 1.40. The Morgan fingerprint density at radius 3 is 2.52 bits per heavy atom. The number of aliphatic imine (C=N–C) groups is 1. The highest BCUT2D eigenvalue weighted by atomic mass is 15.3. The van der Waals surface area contributed by atoms with Gasteiger partial charge in [0.15, 0.2) is 5.96 Å². The number of benzene rings is 1. The van der Waals surface area contributed by atoms with Gasteiger partial charge >= 0.3 is 0 Å². The summed E-state index contributed by atoms with van der Waals surface area (Å²) in [5, 5.41) is 10.8. The third kappa shape index (κ3) is 7.14. The second-order valence-electron chi connectivity index (χ2n) is 7.38. The molecule has 3 rings (SSSR count). The summed E-state index contributed by atoms with van der Waals surface area (Å²) in [5.74, 6) is 1.69. The van der Waals surface area contributed by atoms with E-state index in [0.29, 0.717) is 6.54 Å². The summed E-state index contributed by atoms with van der Waals surface area (Å²) in [4.78, 5) is 13.9. The highest BCUT2D eigenvalue weighted by molar-refractivity contribution is 5.79. The van der Waals surface area contributed by atoms with Gasteiger partial charge < -0.3 is 15.5 Å². The SMILES string of the molecule is CCNC(=NCc1ncnn1C)NCCCN1CCN(Cc2ccccc2)CC1. The van der Waals surface area contributed by atoms with Gasteiger partial charge in [-0.2, -0.15) is 5.10 Å². The van der Waals surface area contributed by atoms with Crippen LogP contribution in [-0.2, 0) is 20.1 Å². The van der Waals surface area contributed by atoms with Crippen molar-refractivity contribution in [3.05, 3.63) is 48.0 Å². The van der Waals surface area contributed by atoms with Crippen LogP contribution in [-0.4, -0.2) is 76.3 Å². The number of guanidine groups is 1. The molecule has 29 heavy (non-hydrogen) atoms. The minimum Gasteiger partial charge on any atom is -0.357 e. The molecule has 1 aromatic carbocycles. The Morgan fingerprint density at radius 2 is 1.83 bits per heavy atom. The maximum Gasteiger partial charge on any atom is 0.191 e. The lowest BCUT2D eigenvalue weighted by Gasteiger charge is -2.34. The molecule has 0 spiro atoms. The van der Waals surface area contributed by atoms with Crippen LogP contribution < -0.4 is 10.6 Å². The molecule has 0 atom stereocenters. The topological polar surface area (TPSA) is 73.6 Å². The Labute approximate surface area is 174 Å². The van der Waals surface area contributed by atoms with Gasteiger partial charge in [0.1, 0.15) is 18.7 Å². The number of hydrogen-bond donors (Lipinski definition) is 2. The van der Waals surface area contributed by atoms with Crippen LogP contribution in [0.5, 0.6) is 0 Å². The van der Waals surface area contributed by atoms with Crippen LogP contribution in [0, 0.1) is 0 Å². The minimum atomic E-state index is 0.523. The van der Waals surface area contributed by atoms with Crippen molar-refractivity contribution in [3.8, 4) is 0 Å². The van der Waals surface area contributed by atoms with Gasteiger partial charge in [0.25, 0.3) is 0 Å². The van der Waals surface area contributed by atoms with Crippen molar-refractivity contribution in [2.24, 2.45) is 12.0 Å². The summed E-state index contributed by atoms with van der Waals surface area (Å²) < 4.78 is 1.75. The number of aryl methyl sites for hydroxylation is 1. The molecule has 1 fully saturated rings. The number of rotatable bonds is 9. The second-order valence-corrected chi connectivity index (χ2v) is 7.38. The maximum absolute atomic E-state index is 4.60. The monoisotopic (exact) mass is 398 g/mol. The summed E-state index contributed by atoms with van der Waals surface area (Å²) in [6.45, 7) is 11.1. The highest BCUT2D eigenvalue weighted by Crippen LogP contribution is 2.08. The molecule has 0 radical (unpaired) electrons. The number of aromatic nitrogens is 3. The van der Waals surface area contributed by atoms with E-state index in [2.05, 4.69) is 72.8 Å². The quantitative estimate of drug-likeness (QED) is 0.374. The molecule has 1 aliphatic rings. The Morgan fingerprint density at radius 1 is 1.07 bits per heavy atom. The van der Waals surface area contributed by atoms with Crippen LogP contribution in [0.2, 0.25) is 0 Å². The third-order valence-corrected chi connectivity index (χ3v) is 5.19. The lowest BCUT2D eigenvalue weighted by Crippen LogP contribution is -2.46. The maximum atomic E-state index is 4.60. The summed E-state index contributed by atoms with van der Waals surface area (Å²) in [6, 6.07) is 10.8. The Hall–Kier alpha value is -2.45. The van der Waals surface area contributed by atoms with Crippen molar-refractivity contribution in [2.45, 2.75) is 26.4 Å². The lowest BCUT2D eigenvalue weighted by atomic mass is 10.2. The van der Waals surface area contributed by atoms with Gasteiger partial charge in [-0.3, -0.25) is 9.58 Å². The minimum absolute atomic E-state index is 0.523. The van der Waals surface area contributed by atoms with E-state index < -0.39 is 0 Å². The number of nitrogens with zero attached hydrogens (tertiary/aromatic N) is 6. The van der Waals surface area contributed by atoms with Gasteiger partial charge in [-0.05, 0) is 25.5 Å². The summed E-state index contributed by atoms with van der Waals surface area (Å²) >= 11 is 0. The standard InChI is InChI=1S/C21H34N8/c1-3-22-21(24-16-20-25-18-26-27(20)2)23-10-7-11-28-12-14-29(15-13-28)17-19-8-5-4-6-9-19/h4-6,8-9,18H,3,7,10-17H2,1-2H3,(H2,22,23,24). The second kappa shape index (κ2) is 11.5. The van der Waals surface area contributed by atoms with Crippen LogP contribution in [0.3, 0.4) is 0 Å². The highest BCUT2D eigenvalue weighted by Gasteiger charge is 2.16. The van der Waals surface area contributed by atoms with Crippen LogP contribution in [0.1, 0.15) is 24.7 Å². The normalized spacial score (nSPS) is 16.1. The smallest absolute Gasteiger partial charge is 0.191 e. The van der Waals surface area contributed by atoms with Crippen LogP contribution in [0.4, 0.5) is 0 Å². The van der Waals surface area contributed by atoms with Crippen molar-refractivity contribution in [2.75, 3.05) is 45.8 Å². The molecule has 2 heterocycles. The average Bonchev–Trinajstić information content (AvgIpc) is 3.16. The fraction of sp³-hybridized carbons (Fsp3) is 0.571. The fourth-order valence-electron chi connectivity index (χ4n) is 3.48. The van der Waals surface area contributed by atoms with Crippen molar-refractivity contribution in [3.63, 3.8) is 0 Å². The molecule has 8 nitrogen and oxygen atoms in total. The van der Waals surface area contributed by atoms with Gasteiger partial charge in [-0.25, -0.2) is 9.98 Å². The van der Waals surface area contributed by atoms with Crippen molar-refractivity contribution in [1.82, 2.24) is 35.2 Å². The summed E-state index contributed by atoms with van der Waals surface area (Å²) in [6.07, 6.45) is 2.66. The zero-order valence-corrected chi connectivity index (χ0v) is 17.7. The summed E-state index contributed by atoms with van der Waals surface area (Å²) in [7, 11) is 1.89. The molecular weight excluding hydrogens is 364 g/mol. The molecule has 2 N–H and O–H groups in total. The van der Waals surface area contributed by atoms with E-state index in [-0.39, 0.29) is 0 Å². The Bertz CT molecular complexity index is 734. The van der Waals surface area contributed by atoms with Crippen LogP contribution in [0.25, 0.3) is 0 Å². The molecule has 1 aliphatic heterocycles. The van der Waals surface area contributed by atoms with Crippen LogP contribution >= 0.6 is 0 Å². The zero-order chi connectivity index (χ0) is 20.3. The van der Waals surface area contributed by atoms with Crippen molar-refractivity contribution < 1.29 is 0 Å². The molecule has 8 heteroatoms. The zero-order valence-electron chi connectivity index (χ0n) is 17.7. The van der Waals surface area contributed by atoms with Gasteiger partial charge in [0.05, 0.1) is 0 Å².